The molecule has 0 radical (unpaired) electrons. The third-order valence-corrected chi connectivity index (χ3v) is 7.77. The first-order valence-corrected chi connectivity index (χ1v) is 14.5. The lowest BCUT2D eigenvalue weighted by molar-refractivity contribution is 0.565. The van der Waals surface area contributed by atoms with Gasteiger partial charge >= 0.3 is 0 Å². The third kappa shape index (κ3) is 4.77. The van der Waals surface area contributed by atoms with Gasteiger partial charge in [-0.15, -0.1) is 0 Å². The van der Waals surface area contributed by atoms with Gasteiger partial charge in [0, 0.05) is 29.5 Å². The second-order valence-electron chi connectivity index (χ2n) is 9.68. The molecule has 4 aromatic rings. The van der Waals surface area contributed by atoms with Gasteiger partial charge in [-0.1, -0.05) is 12.1 Å². The van der Waals surface area contributed by atoms with E-state index in [0.717, 1.165) is 51.5 Å². The van der Waals surface area contributed by atoms with Crippen LogP contribution >= 0.6 is 12.2 Å². The van der Waals surface area contributed by atoms with Gasteiger partial charge < -0.3 is 14.8 Å². The first-order valence-electron chi connectivity index (χ1n) is 12.2. The van der Waals surface area contributed by atoms with Crippen LogP contribution in [0.15, 0.2) is 67.0 Å². The molecule has 38 heavy (non-hydrogen) atoms. The van der Waals surface area contributed by atoms with Gasteiger partial charge in [0.15, 0.2) is 5.11 Å². The maximum absolute atomic E-state index is 11.8. The summed E-state index contributed by atoms with van der Waals surface area (Å²) >= 11 is 5.89. The zero-order valence-electron chi connectivity index (χ0n) is 21.9. The van der Waals surface area contributed by atoms with Crippen LogP contribution in [0.1, 0.15) is 45.9 Å². The Bertz CT molecular complexity index is 1630. The van der Waals surface area contributed by atoms with Gasteiger partial charge in [-0.3, -0.25) is 9.71 Å². The zero-order chi connectivity index (χ0) is 27.2. The van der Waals surface area contributed by atoms with Crippen molar-refractivity contribution in [2.75, 3.05) is 15.9 Å². The number of benzene rings is 1. The van der Waals surface area contributed by atoms with Gasteiger partial charge in [-0.05, 0) is 99.1 Å². The minimum Gasteiger partial charge on any atom is -0.351 e. The molecule has 0 unspecified atom stereocenters. The maximum atomic E-state index is 11.8. The highest BCUT2D eigenvalue weighted by Gasteiger charge is 2.42. The molecule has 1 aromatic carbocycles. The SMILES string of the molecule is Cc1cc(N2C(=S)N[C@@H](c3ccccn3)[C@@H]2c2cc(C)n(-c3ncccc3C)c2C)ccc1NS(C)(=O)=O. The van der Waals surface area contributed by atoms with Crippen molar-refractivity contribution in [3.05, 3.63) is 101 Å². The lowest BCUT2D eigenvalue weighted by atomic mass is 9.96. The van der Waals surface area contributed by atoms with Crippen molar-refractivity contribution in [2.45, 2.75) is 39.8 Å². The average molecular weight is 547 g/mol. The molecule has 2 atom stereocenters. The summed E-state index contributed by atoms with van der Waals surface area (Å²) in [4.78, 5) is 11.4. The summed E-state index contributed by atoms with van der Waals surface area (Å²) in [6.07, 6.45) is 4.74. The number of pyridine rings is 2. The molecule has 1 saturated heterocycles. The van der Waals surface area contributed by atoms with Crippen molar-refractivity contribution in [1.82, 2.24) is 19.9 Å². The topological polar surface area (TPSA) is 92.2 Å². The molecule has 0 spiro atoms. The third-order valence-electron chi connectivity index (χ3n) is 6.86. The molecule has 3 aromatic heterocycles. The highest BCUT2D eigenvalue weighted by Crippen LogP contribution is 2.44. The average Bonchev–Trinajstić information content (AvgIpc) is 3.36. The number of sulfonamides is 1. The Kier molecular flexibility index (Phi) is 6.70. The minimum atomic E-state index is -3.40. The maximum Gasteiger partial charge on any atom is 0.229 e. The molecule has 0 amide bonds. The summed E-state index contributed by atoms with van der Waals surface area (Å²) in [5.74, 6) is 0.898. The number of thiocarbonyl (C=S) groups is 1. The van der Waals surface area contributed by atoms with Gasteiger partial charge in [0.25, 0.3) is 0 Å². The highest BCUT2D eigenvalue weighted by atomic mass is 32.2. The summed E-state index contributed by atoms with van der Waals surface area (Å²) in [7, 11) is -3.40. The van der Waals surface area contributed by atoms with Gasteiger partial charge in [-0.2, -0.15) is 0 Å². The van der Waals surface area contributed by atoms with Crippen molar-refractivity contribution in [3.8, 4) is 5.82 Å². The van der Waals surface area contributed by atoms with Crippen molar-refractivity contribution < 1.29 is 8.42 Å². The van der Waals surface area contributed by atoms with Crippen LogP contribution in [0.25, 0.3) is 5.82 Å². The molecule has 2 N–H and O–H groups in total. The van der Waals surface area contributed by atoms with E-state index < -0.39 is 10.0 Å². The molecular formula is C28H30N6O2S2. The largest absolute Gasteiger partial charge is 0.351 e. The van der Waals surface area contributed by atoms with E-state index in [1.807, 2.05) is 49.5 Å². The van der Waals surface area contributed by atoms with E-state index in [9.17, 15) is 8.42 Å². The van der Waals surface area contributed by atoms with Crippen LogP contribution in [0, 0.1) is 27.7 Å². The lowest BCUT2D eigenvalue weighted by Crippen LogP contribution is -2.29. The Morgan fingerprint density at radius 1 is 0.947 bits per heavy atom. The summed E-state index contributed by atoms with van der Waals surface area (Å²) < 4.78 is 28.4. The van der Waals surface area contributed by atoms with Crippen LogP contribution in [0.5, 0.6) is 0 Å². The summed E-state index contributed by atoms with van der Waals surface area (Å²) in [6.45, 7) is 8.13. The molecule has 8 nitrogen and oxygen atoms in total. The molecule has 0 saturated carbocycles. The van der Waals surface area contributed by atoms with Gasteiger partial charge in [0.2, 0.25) is 10.0 Å². The molecular weight excluding hydrogens is 516 g/mol. The lowest BCUT2D eigenvalue weighted by Gasteiger charge is -2.29. The molecule has 1 aliphatic rings. The fourth-order valence-corrected chi connectivity index (χ4v) is 6.16. The number of hydrogen-bond donors (Lipinski definition) is 2. The van der Waals surface area contributed by atoms with Crippen LogP contribution < -0.4 is 14.9 Å². The number of aryl methyl sites for hydroxylation is 3. The number of nitrogens with zero attached hydrogens (tertiary/aromatic N) is 4. The predicted molar refractivity (Wildman–Crippen MR) is 155 cm³/mol. The molecule has 1 fully saturated rings. The van der Waals surface area contributed by atoms with Crippen molar-refractivity contribution >= 4 is 38.7 Å². The summed E-state index contributed by atoms with van der Waals surface area (Å²) in [5, 5.41) is 4.08. The van der Waals surface area contributed by atoms with Crippen LogP contribution in [0.2, 0.25) is 0 Å². The minimum absolute atomic E-state index is 0.198. The standard InChI is InChI=1S/C28H30N6O2S2/c1-17-9-8-14-30-27(17)33-19(3)16-22(20(33)4)26-25(24-10-6-7-13-29-24)31-28(37)34(26)21-11-12-23(18(2)15-21)32-38(5,35)36/h6-16,25-26,32H,1-5H3,(H,31,37)/t25-,26-/m0/s1. The van der Waals surface area contributed by atoms with Crippen LogP contribution in [0.4, 0.5) is 11.4 Å². The molecule has 0 aliphatic carbocycles. The molecule has 5 rings (SSSR count). The smallest absolute Gasteiger partial charge is 0.229 e. The van der Waals surface area contributed by atoms with E-state index in [1.54, 1.807) is 12.3 Å². The normalized spacial score (nSPS) is 17.5. The van der Waals surface area contributed by atoms with E-state index >= 15 is 0 Å². The van der Waals surface area contributed by atoms with Gasteiger partial charge in [-0.25, -0.2) is 13.4 Å². The van der Waals surface area contributed by atoms with E-state index in [0.29, 0.717) is 10.8 Å². The van der Waals surface area contributed by atoms with Crippen molar-refractivity contribution in [1.29, 1.82) is 0 Å². The Balaban J connectivity index is 1.66. The molecule has 196 valence electrons. The first-order chi connectivity index (χ1) is 18.0. The highest BCUT2D eigenvalue weighted by molar-refractivity contribution is 7.92. The van der Waals surface area contributed by atoms with Crippen LogP contribution in [0.3, 0.4) is 0 Å². The van der Waals surface area contributed by atoms with Crippen molar-refractivity contribution in [2.24, 2.45) is 0 Å². The Labute approximate surface area is 228 Å². The van der Waals surface area contributed by atoms with Crippen LogP contribution in [-0.2, 0) is 10.0 Å². The molecule has 0 bridgehead atoms. The van der Waals surface area contributed by atoms with Gasteiger partial charge in [0.05, 0.1) is 29.7 Å². The monoisotopic (exact) mass is 546 g/mol. The van der Waals surface area contributed by atoms with E-state index in [-0.39, 0.29) is 12.1 Å². The Morgan fingerprint density at radius 2 is 1.71 bits per heavy atom. The number of anilines is 2. The Morgan fingerprint density at radius 3 is 2.37 bits per heavy atom. The van der Waals surface area contributed by atoms with Gasteiger partial charge in [0.1, 0.15) is 5.82 Å². The van der Waals surface area contributed by atoms with E-state index in [4.69, 9.17) is 12.2 Å². The summed E-state index contributed by atoms with van der Waals surface area (Å²) in [6, 6.07) is 17.3. The second kappa shape index (κ2) is 9.85. The molecule has 10 heteroatoms. The number of rotatable bonds is 6. The summed E-state index contributed by atoms with van der Waals surface area (Å²) in [5.41, 5.74) is 7.41. The number of aromatic nitrogens is 3. The predicted octanol–water partition coefficient (Wildman–Crippen LogP) is 5.05. The quantitative estimate of drug-likeness (QED) is 0.327. The van der Waals surface area contributed by atoms with Crippen LogP contribution in [-0.4, -0.2) is 34.3 Å². The second-order valence-corrected chi connectivity index (χ2v) is 11.8. The zero-order valence-corrected chi connectivity index (χ0v) is 23.6. The number of hydrogen-bond acceptors (Lipinski definition) is 5. The fraction of sp³-hybridized carbons (Fsp3) is 0.250. The Hall–Kier alpha value is -3.76. The fourth-order valence-electron chi connectivity index (χ4n) is 5.19. The molecule has 1 aliphatic heterocycles. The number of nitrogens with one attached hydrogen (secondary N) is 2. The van der Waals surface area contributed by atoms with E-state index in [2.05, 4.69) is 62.4 Å². The van der Waals surface area contributed by atoms with E-state index in [1.165, 1.54) is 0 Å². The molecule has 4 heterocycles. The first kappa shape index (κ1) is 25.9. The van der Waals surface area contributed by atoms with Crippen molar-refractivity contribution in [3.63, 3.8) is 0 Å².